The fourth-order valence-electron chi connectivity index (χ4n) is 2.30. The van der Waals surface area contributed by atoms with Crippen LogP contribution in [0.25, 0.3) is 6.08 Å². The Morgan fingerprint density at radius 1 is 1.48 bits per heavy atom. The van der Waals surface area contributed by atoms with Crippen LogP contribution in [0, 0.1) is 0 Å². The largest absolute Gasteiger partial charge is 0.443 e. The average molecular weight is 337 g/mol. The van der Waals surface area contributed by atoms with Gasteiger partial charge in [0.05, 0.1) is 0 Å². The molecule has 7 heteroatoms. The molecule has 0 radical (unpaired) electrons. The normalized spacial score (nSPS) is 20.5. The first-order chi connectivity index (χ1) is 10.8. The molecule has 1 fully saturated rings. The average Bonchev–Trinajstić information content (AvgIpc) is 2.87. The highest BCUT2D eigenvalue weighted by atomic mass is 32.2. The van der Waals surface area contributed by atoms with Crippen molar-refractivity contribution in [2.75, 3.05) is 13.1 Å². The van der Waals surface area contributed by atoms with Gasteiger partial charge in [0.15, 0.2) is 5.12 Å². The number of carbonyl (C=O) groups is 2. The van der Waals surface area contributed by atoms with E-state index in [4.69, 9.17) is 4.74 Å². The first kappa shape index (κ1) is 17.7. The summed E-state index contributed by atoms with van der Waals surface area (Å²) < 4.78 is 6.77. The summed E-state index contributed by atoms with van der Waals surface area (Å²) in [4.78, 5) is 27.9. The Bertz CT molecular complexity index is 616. The summed E-state index contributed by atoms with van der Waals surface area (Å²) in [5.41, 5.74) is 0.498. The van der Waals surface area contributed by atoms with Gasteiger partial charge in [-0.3, -0.25) is 4.79 Å². The van der Waals surface area contributed by atoms with Crippen LogP contribution >= 0.6 is 11.8 Å². The van der Waals surface area contributed by atoms with Crippen molar-refractivity contribution in [3.8, 4) is 0 Å². The number of hydrogen-bond donors (Lipinski definition) is 1. The molecule has 1 N–H and O–H groups in total. The van der Waals surface area contributed by atoms with Gasteiger partial charge in [0.2, 0.25) is 0 Å². The number of hydrogen-bond acceptors (Lipinski definition) is 6. The third-order valence-electron chi connectivity index (χ3n) is 3.21. The standard InChI is InChI=1S/C16H23N3O3S/c1-11(20)23-13-5-6-17-10-12(13)9-14-18-7-8-19(14)15(21)22-16(2,3)4/h7-9,13,17H,5-6,10H2,1-4H3/b12-9+. The summed E-state index contributed by atoms with van der Waals surface area (Å²) in [6, 6.07) is 0. The zero-order chi connectivity index (χ0) is 17.0. The summed E-state index contributed by atoms with van der Waals surface area (Å²) in [6.45, 7) is 8.61. The Balaban J connectivity index is 2.23. The molecular formula is C16H23N3O3S. The van der Waals surface area contributed by atoms with Gasteiger partial charge in [-0.2, -0.15) is 0 Å². The molecule has 23 heavy (non-hydrogen) atoms. The second-order valence-corrected chi connectivity index (χ2v) is 7.80. The minimum absolute atomic E-state index is 0.0956. The van der Waals surface area contributed by atoms with Crippen molar-refractivity contribution >= 4 is 29.0 Å². The van der Waals surface area contributed by atoms with Gasteiger partial charge in [0.1, 0.15) is 11.4 Å². The van der Waals surface area contributed by atoms with Gasteiger partial charge in [0, 0.05) is 31.1 Å². The number of piperidine rings is 1. The molecule has 0 spiro atoms. The molecule has 0 saturated carbocycles. The number of carbonyl (C=O) groups excluding carboxylic acids is 2. The molecule has 1 aliphatic heterocycles. The van der Waals surface area contributed by atoms with Crippen LogP contribution in [-0.2, 0) is 9.53 Å². The molecule has 0 amide bonds. The maximum absolute atomic E-state index is 12.2. The van der Waals surface area contributed by atoms with Crippen LogP contribution in [0.2, 0.25) is 0 Å². The lowest BCUT2D eigenvalue weighted by Gasteiger charge is -2.25. The van der Waals surface area contributed by atoms with E-state index >= 15 is 0 Å². The van der Waals surface area contributed by atoms with Gasteiger partial charge < -0.3 is 10.1 Å². The summed E-state index contributed by atoms with van der Waals surface area (Å²) in [7, 11) is 0. The second kappa shape index (κ2) is 7.31. The molecule has 126 valence electrons. The van der Waals surface area contributed by atoms with Crippen LogP contribution in [0.3, 0.4) is 0 Å². The first-order valence-electron chi connectivity index (χ1n) is 7.61. The Morgan fingerprint density at radius 3 is 2.87 bits per heavy atom. The highest BCUT2D eigenvalue weighted by Gasteiger charge is 2.23. The van der Waals surface area contributed by atoms with Crippen molar-refractivity contribution in [2.24, 2.45) is 0 Å². The smallest absolute Gasteiger partial charge is 0.420 e. The van der Waals surface area contributed by atoms with E-state index in [1.165, 1.54) is 16.3 Å². The van der Waals surface area contributed by atoms with E-state index in [1.54, 1.807) is 19.3 Å². The van der Waals surface area contributed by atoms with Gasteiger partial charge in [-0.25, -0.2) is 14.3 Å². The molecule has 0 aliphatic carbocycles. The van der Waals surface area contributed by atoms with Crippen molar-refractivity contribution in [2.45, 2.75) is 45.0 Å². The Morgan fingerprint density at radius 2 is 2.22 bits per heavy atom. The van der Waals surface area contributed by atoms with Crippen LogP contribution in [0.15, 0.2) is 18.0 Å². The van der Waals surface area contributed by atoms with E-state index in [9.17, 15) is 9.59 Å². The minimum Gasteiger partial charge on any atom is -0.443 e. The number of ether oxygens (including phenoxy) is 1. The maximum atomic E-state index is 12.2. The highest BCUT2D eigenvalue weighted by Crippen LogP contribution is 2.27. The van der Waals surface area contributed by atoms with Crippen LogP contribution in [0.1, 0.15) is 39.9 Å². The second-order valence-electron chi connectivity index (χ2n) is 6.42. The number of rotatable bonds is 2. The van der Waals surface area contributed by atoms with Gasteiger partial charge in [0.25, 0.3) is 0 Å². The number of nitrogens with one attached hydrogen (secondary N) is 1. The molecule has 6 nitrogen and oxygen atoms in total. The predicted octanol–water partition coefficient (Wildman–Crippen LogP) is 2.69. The van der Waals surface area contributed by atoms with Gasteiger partial charge in [-0.1, -0.05) is 11.8 Å². The van der Waals surface area contributed by atoms with Gasteiger partial charge in [-0.05, 0) is 45.4 Å². The first-order valence-corrected chi connectivity index (χ1v) is 8.49. The number of thioether (sulfide) groups is 1. The third kappa shape index (κ3) is 5.21. The van der Waals surface area contributed by atoms with E-state index < -0.39 is 11.7 Å². The van der Waals surface area contributed by atoms with Crippen molar-refractivity contribution < 1.29 is 14.3 Å². The lowest BCUT2D eigenvalue weighted by molar-refractivity contribution is -0.109. The molecule has 2 heterocycles. The fourth-order valence-corrected chi connectivity index (χ4v) is 3.24. The minimum atomic E-state index is -0.564. The van der Waals surface area contributed by atoms with Crippen LogP contribution < -0.4 is 5.32 Å². The topological polar surface area (TPSA) is 73.2 Å². The van der Waals surface area contributed by atoms with E-state index in [-0.39, 0.29) is 10.4 Å². The van der Waals surface area contributed by atoms with Crippen LogP contribution in [0.4, 0.5) is 4.79 Å². The lowest BCUT2D eigenvalue weighted by Crippen LogP contribution is -2.32. The molecule has 1 aromatic heterocycles. The van der Waals surface area contributed by atoms with Gasteiger partial charge in [-0.15, -0.1) is 0 Å². The monoisotopic (exact) mass is 337 g/mol. The summed E-state index contributed by atoms with van der Waals surface area (Å²) in [5.74, 6) is 0.520. The molecular weight excluding hydrogens is 314 g/mol. The Labute approximate surface area is 140 Å². The zero-order valence-electron chi connectivity index (χ0n) is 14.0. The quantitative estimate of drug-likeness (QED) is 0.894. The third-order valence-corrected chi connectivity index (χ3v) is 4.36. The van der Waals surface area contributed by atoms with E-state index in [1.807, 2.05) is 26.8 Å². The van der Waals surface area contributed by atoms with Gasteiger partial charge >= 0.3 is 6.09 Å². The summed E-state index contributed by atoms with van der Waals surface area (Å²) in [6.07, 6.45) is 5.45. The van der Waals surface area contributed by atoms with E-state index in [0.717, 1.165) is 18.5 Å². The van der Waals surface area contributed by atoms with Crippen molar-refractivity contribution in [1.82, 2.24) is 14.9 Å². The van der Waals surface area contributed by atoms with Crippen LogP contribution in [-0.4, -0.2) is 44.7 Å². The van der Waals surface area contributed by atoms with Crippen molar-refractivity contribution in [3.05, 3.63) is 23.8 Å². The molecule has 2 rings (SSSR count). The number of nitrogens with zero attached hydrogens (tertiary/aromatic N) is 2. The lowest BCUT2D eigenvalue weighted by atomic mass is 10.1. The van der Waals surface area contributed by atoms with E-state index in [0.29, 0.717) is 12.4 Å². The molecule has 1 aromatic rings. The predicted molar refractivity (Wildman–Crippen MR) is 91.4 cm³/mol. The van der Waals surface area contributed by atoms with Crippen molar-refractivity contribution in [3.63, 3.8) is 0 Å². The highest BCUT2D eigenvalue weighted by molar-refractivity contribution is 8.14. The Hall–Kier alpha value is -1.60. The molecule has 0 aromatic carbocycles. The number of aromatic nitrogens is 2. The summed E-state index contributed by atoms with van der Waals surface area (Å²) in [5, 5.41) is 3.51. The van der Waals surface area contributed by atoms with Crippen LogP contribution in [0.5, 0.6) is 0 Å². The van der Waals surface area contributed by atoms with E-state index in [2.05, 4.69) is 10.3 Å². The maximum Gasteiger partial charge on any atom is 0.420 e. The molecule has 1 unspecified atom stereocenters. The fraction of sp³-hybridized carbons (Fsp3) is 0.562. The molecule has 1 aliphatic rings. The number of imidazole rings is 1. The SMILES string of the molecule is CC(=O)SC1CCNC/C1=C\c1nccn1C(=O)OC(C)(C)C. The van der Waals surface area contributed by atoms with Crippen molar-refractivity contribution in [1.29, 1.82) is 0 Å². The molecule has 1 saturated heterocycles. The molecule has 0 bridgehead atoms. The summed E-state index contributed by atoms with van der Waals surface area (Å²) >= 11 is 1.33. The Kier molecular flexibility index (Phi) is 5.64. The zero-order valence-corrected chi connectivity index (χ0v) is 14.8. The molecule has 1 atom stereocenters.